The summed E-state index contributed by atoms with van der Waals surface area (Å²) in [5.41, 5.74) is 6.23. The molecule has 18 heavy (non-hydrogen) atoms. The first kappa shape index (κ1) is 11.7. The molecular weight excluding hydrogens is 236 g/mol. The monoisotopic (exact) mass is 253 g/mol. The van der Waals surface area contributed by atoms with E-state index in [1.54, 1.807) is 0 Å². The van der Waals surface area contributed by atoms with Crippen molar-refractivity contribution in [2.75, 3.05) is 36.8 Å². The first-order valence-electron chi connectivity index (χ1n) is 6.38. The number of hydrogen-bond acceptors (Lipinski definition) is 3. The molecule has 0 radical (unpaired) electrons. The lowest BCUT2D eigenvalue weighted by atomic mass is 10.2. The van der Waals surface area contributed by atoms with Crippen molar-refractivity contribution in [1.29, 1.82) is 0 Å². The van der Waals surface area contributed by atoms with E-state index in [1.165, 1.54) is 18.9 Å². The van der Waals surface area contributed by atoms with Gasteiger partial charge in [0, 0.05) is 38.3 Å². The third-order valence-electron chi connectivity index (χ3n) is 3.79. The van der Waals surface area contributed by atoms with Gasteiger partial charge in [0.15, 0.2) is 5.82 Å². The fraction of sp³-hybridized carbons (Fsp3) is 0.538. The maximum atomic E-state index is 13.4. The van der Waals surface area contributed by atoms with E-state index in [9.17, 15) is 8.78 Å². The average molecular weight is 253 g/mol. The van der Waals surface area contributed by atoms with Gasteiger partial charge in [-0.05, 0) is 18.9 Å². The highest BCUT2D eigenvalue weighted by Crippen LogP contribution is 2.31. The molecule has 1 aromatic rings. The van der Waals surface area contributed by atoms with Gasteiger partial charge in [-0.1, -0.05) is 0 Å². The summed E-state index contributed by atoms with van der Waals surface area (Å²) >= 11 is 0. The van der Waals surface area contributed by atoms with E-state index in [2.05, 4.69) is 4.90 Å². The second kappa shape index (κ2) is 4.39. The van der Waals surface area contributed by atoms with Crippen molar-refractivity contribution in [1.82, 2.24) is 4.90 Å². The average Bonchev–Trinajstić information content (AvgIpc) is 3.18. The minimum atomic E-state index is -0.672. The number of piperazine rings is 1. The smallest absolute Gasteiger partial charge is 0.151 e. The molecule has 1 saturated heterocycles. The van der Waals surface area contributed by atoms with Crippen LogP contribution in [0.5, 0.6) is 0 Å². The molecule has 2 fully saturated rings. The zero-order valence-electron chi connectivity index (χ0n) is 10.2. The molecule has 0 spiro atoms. The van der Waals surface area contributed by atoms with Gasteiger partial charge in [-0.3, -0.25) is 4.90 Å². The van der Waals surface area contributed by atoms with Crippen LogP contribution in [0.3, 0.4) is 0 Å². The molecule has 1 aliphatic heterocycles. The fourth-order valence-corrected chi connectivity index (χ4v) is 2.60. The van der Waals surface area contributed by atoms with Crippen LogP contribution < -0.4 is 10.6 Å². The van der Waals surface area contributed by atoms with Crippen LogP contribution in [0.1, 0.15) is 12.8 Å². The molecule has 0 aromatic heterocycles. The Hall–Kier alpha value is -1.36. The summed E-state index contributed by atoms with van der Waals surface area (Å²) in [6.07, 6.45) is 2.58. The van der Waals surface area contributed by atoms with E-state index in [0.717, 1.165) is 38.3 Å². The summed E-state index contributed by atoms with van der Waals surface area (Å²) in [5, 5.41) is 0. The molecule has 0 atom stereocenters. The summed E-state index contributed by atoms with van der Waals surface area (Å²) in [6, 6.07) is 2.90. The lowest BCUT2D eigenvalue weighted by Crippen LogP contribution is -2.47. The predicted octanol–water partition coefficient (Wildman–Crippen LogP) is 1.83. The molecule has 2 N–H and O–H groups in total. The maximum Gasteiger partial charge on any atom is 0.151 e. The van der Waals surface area contributed by atoms with Gasteiger partial charge in [0.25, 0.3) is 0 Å². The Balaban J connectivity index is 1.75. The van der Waals surface area contributed by atoms with E-state index >= 15 is 0 Å². The van der Waals surface area contributed by atoms with Crippen molar-refractivity contribution in [2.24, 2.45) is 0 Å². The largest absolute Gasteiger partial charge is 0.395 e. The molecule has 1 heterocycles. The molecule has 0 bridgehead atoms. The molecule has 3 nitrogen and oxygen atoms in total. The maximum absolute atomic E-state index is 13.4. The van der Waals surface area contributed by atoms with E-state index in [0.29, 0.717) is 5.69 Å². The summed E-state index contributed by atoms with van der Waals surface area (Å²) in [6.45, 7) is 3.46. The SMILES string of the molecule is Nc1c(F)cc(F)cc1N1CCN(C2CC2)CC1. The molecule has 1 saturated carbocycles. The quantitative estimate of drug-likeness (QED) is 0.816. The van der Waals surface area contributed by atoms with Crippen LogP contribution in [0.25, 0.3) is 0 Å². The van der Waals surface area contributed by atoms with Gasteiger partial charge in [0.1, 0.15) is 5.82 Å². The van der Waals surface area contributed by atoms with Crippen molar-refractivity contribution < 1.29 is 8.78 Å². The van der Waals surface area contributed by atoms with Crippen LogP contribution in [0.15, 0.2) is 12.1 Å². The second-order valence-electron chi connectivity index (χ2n) is 5.07. The summed E-state index contributed by atoms with van der Waals surface area (Å²) < 4.78 is 26.7. The number of anilines is 2. The predicted molar refractivity (Wildman–Crippen MR) is 67.6 cm³/mol. The number of halogens is 2. The van der Waals surface area contributed by atoms with Gasteiger partial charge in [0.2, 0.25) is 0 Å². The minimum absolute atomic E-state index is 0.0521. The lowest BCUT2D eigenvalue weighted by molar-refractivity contribution is 0.248. The van der Waals surface area contributed by atoms with Crippen molar-refractivity contribution in [3.63, 3.8) is 0 Å². The first-order valence-corrected chi connectivity index (χ1v) is 6.38. The van der Waals surface area contributed by atoms with Gasteiger partial charge in [-0.2, -0.15) is 0 Å². The Morgan fingerprint density at radius 1 is 1.06 bits per heavy atom. The number of hydrogen-bond donors (Lipinski definition) is 1. The summed E-state index contributed by atoms with van der Waals surface area (Å²) in [4.78, 5) is 4.42. The topological polar surface area (TPSA) is 32.5 Å². The van der Waals surface area contributed by atoms with Crippen molar-refractivity contribution in [3.8, 4) is 0 Å². The van der Waals surface area contributed by atoms with Gasteiger partial charge in [-0.25, -0.2) is 8.78 Å². The van der Waals surface area contributed by atoms with Gasteiger partial charge >= 0.3 is 0 Å². The molecule has 0 unspecified atom stereocenters. The van der Waals surface area contributed by atoms with Crippen molar-refractivity contribution in [3.05, 3.63) is 23.8 Å². The van der Waals surface area contributed by atoms with E-state index in [4.69, 9.17) is 5.73 Å². The van der Waals surface area contributed by atoms with Crippen molar-refractivity contribution >= 4 is 11.4 Å². The third kappa shape index (κ3) is 2.14. The molecule has 98 valence electrons. The fourth-order valence-electron chi connectivity index (χ4n) is 2.60. The minimum Gasteiger partial charge on any atom is -0.395 e. The highest BCUT2D eigenvalue weighted by Gasteiger charge is 2.31. The second-order valence-corrected chi connectivity index (χ2v) is 5.07. The number of nitrogen functional groups attached to an aromatic ring is 1. The third-order valence-corrected chi connectivity index (χ3v) is 3.79. The number of nitrogens with zero attached hydrogens (tertiary/aromatic N) is 2. The Kier molecular flexibility index (Phi) is 2.86. The number of benzene rings is 1. The zero-order valence-corrected chi connectivity index (χ0v) is 10.2. The highest BCUT2D eigenvalue weighted by molar-refractivity contribution is 5.68. The molecule has 1 aliphatic carbocycles. The standard InChI is InChI=1S/C13H17F2N3/c14-9-7-11(15)13(16)12(8-9)18-5-3-17(4-6-18)10-1-2-10/h7-8,10H,1-6,16H2. The van der Waals surface area contributed by atoms with Gasteiger partial charge in [0.05, 0.1) is 11.4 Å². The molecule has 0 amide bonds. The van der Waals surface area contributed by atoms with Crippen LogP contribution in [0.4, 0.5) is 20.2 Å². The summed E-state index contributed by atoms with van der Waals surface area (Å²) in [7, 11) is 0. The Morgan fingerprint density at radius 3 is 2.33 bits per heavy atom. The normalized spacial score (nSPS) is 21.3. The Labute approximate surface area is 105 Å². The molecule has 2 aliphatic rings. The van der Waals surface area contributed by atoms with Crippen LogP contribution in [-0.4, -0.2) is 37.1 Å². The molecule has 5 heteroatoms. The van der Waals surface area contributed by atoms with E-state index < -0.39 is 11.6 Å². The van der Waals surface area contributed by atoms with E-state index in [-0.39, 0.29) is 5.69 Å². The van der Waals surface area contributed by atoms with Crippen LogP contribution in [0, 0.1) is 11.6 Å². The number of rotatable bonds is 2. The molecule has 1 aromatic carbocycles. The lowest BCUT2D eigenvalue weighted by Gasteiger charge is -2.36. The summed E-state index contributed by atoms with van der Waals surface area (Å²) in [5.74, 6) is -1.24. The van der Waals surface area contributed by atoms with Gasteiger partial charge in [-0.15, -0.1) is 0 Å². The van der Waals surface area contributed by atoms with Crippen LogP contribution in [-0.2, 0) is 0 Å². The van der Waals surface area contributed by atoms with E-state index in [1.807, 2.05) is 4.90 Å². The zero-order chi connectivity index (χ0) is 12.7. The van der Waals surface area contributed by atoms with Crippen molar-refractivity contribution in [2.45, 2.75) is 18.9 Å². The Morgan fingerprint density at radius 2 is 1.72 bits per heavy atom. The molecular formula is C13H17F2N3. The molecule has 3 rings (SSSR count). The Bertz CT molecular complexity index is 452. The highest BCUT2D eigenvalue weighted by atomic mass is 19.1. The van der Waals surface area contributed by atoms with Crippen LogP contribution in [0.2, 0.25) is 0 Å². The number of nitrogens with two attached hydrogens (primary N) is 1. The van der Waals surface area contributed by atoms with Crippen LogP contribution >= 0.6 is 0 Å². The first-order chi connectivity index (χ1) is 8.65. The van der Waals surface area contributed by atoms with Gasteiger partial charge < -0.3 is 10.6 Å².